The molecule has 0 aliphatic heterocycles. The molecule has 4 nitrogen and oxygen atoms in total. The lowest BCUT2D eigenvalue weighted by molar-refractivity contribution is 0.0975. The maximum absolute atomic E-state index is 13.1. The summed E-state index contributed by atoms with van der Waals surface area (Å²) in [7, 11) is 1.59. The van der Waals surface area contributed by atoms with Crippen molar-refractivity contribution in [2.24, 2.45) is 0 Å². The maximum atomic E-state index is 13.1. The summed E-state index contributed by atoms with van der Waals surface area (Å²) in [6, 6.07) is 9.24. The summed E-state index contributed by atoms with van der Waals surface area (Å²) in [5.41, 5.74) is 1.74. The number of carbonyl (C=O) groups is 1. The van der Waals surface area contributed by atoms with Gasteiger partial charge >= 0.3 is 0 Å². The minimum absolute atomic E-state index is 0.160. The summed E-state index contributed by atoms with van der Waals surface area (Å²) in [5, 5.41) is 0. The molecule has 0 saturated heterocycles. The van der Waals surface area contributed by atoms with Crippen molar-refractivity contribution in [2.75, 3.05) is 7.11 Å². The first-order valence-corrected chi connectivity index (χ1v) is 9.51. The van der Waals surface area contributed by atoms with Gasteiger partial charge in [0.2, 0.25) is 0 Å². The molecule has 1 heterocycles. The summed E-state index contributed by atoms with van der Waals surface area (Å²) < 4.78 is 12.0. The third-order valence-corrected chi connectivity index (χ3v) is 5.66. The SMILES string of the molecule is CCC1=C(OC)C(CC)(CC)c2oc(-c3cccc(C)c3)cc(=O)c2C1=O. The predicted octanol–water partition coefficient (Wildman–Crippen LogP) is 5.18. The van der Waals surface area contributed by atoms with Gasteiger partial charge in [-0.05, 0) is 32.3 Å². The van der Waals surface area contributed by atoms with Crippen LogP contribution in [0.1, 0.15) is 61.7 Å². The van der Waals surface area contributed by atoms with Crippen LogP contribution in [0.3, 0.4) is 0 Å². The van der Waals surface area contributed by atoms with E-state index in [9.17, 15) is 9.59 Å². The number of hydrogen-bond acceptors (Lipinski definition) is 4. The van der Waals surface area contributed by atoms with E-state index >= 15 is 0 Å². The second-order valence-corrected chi connectivity index (χ2v) is 7.03. The van der Waals surface area contributed by atoms with Crippen molar-refractivity contribution >= 4 is 5.78 Å². The zero-order valence-electron chi connectivity index (χ0n) is 16.6. The quantitative estimate of drug-likeness (QED) is 0.731. The molecule has 142 valence electrons. The first-order chi connectivity index (χ1) is 12.9. The highest BCUT2D eigenvalue weighted by Gasteiger charge is 2.47. The van der Waals surface area contributed by atoms with E-state index in [4.69, 9.17) is 9.15 Å². The average Bonchev–Trinajstić information content (AvgIpc) is 2.67. The van der Waals surface area contributed by atoms with Crippen LogP contribution in [0.4, 0.5) is 0 Å². The Hall–Kier alpha value is -2.62. The van der Waals surface area contributed by atoms with Crippen molar-refractivity contribution in [1.29, 1.82) is 0 Å². The molecule has 0 radical (unpaired) electrons. The molecule has 0 unspecified atom stereocenters. The standard InChI is InChI=1S/C23H26O4/c1-6-16-20(25)19-17(24)13-18(15-11-9-10-14(4)12-15)27-22(19)23(7-2,8-3)21(16)26-5/h9-13H,6-8H2,1-5H3. The van der Waals surface area contributed by atoms with Gasteiger partial charge in [0, 0.05) is 17.2 Å². The van der Waals surface area contributed by atoms with Crippen LogP contribution >= 0.6 is 0 Å². The third kappa shape index (κ3) is 2.84. The van der Waals surface area contributed by atoms with Crippen molar-refractivity contribution in [2.45, 2.75) is 52.4 Å². The van der Waals surface area contributed by atoms with Crippen LogP contribution in [-0.2, 0) is 10.2 Å². The van der Waals surface area contributed by atoms with E-state index in [-0.39, 0.29) is 16.8 Å². The van der Waals surface area contributed by atoms with Gasteiger partial charge in [-0.15, -0.1) is 0 Å². The number of ketones is 1. The maximum Gasteiger partial charge on any atom is 0.199 e. The van der Waals surface area contributed by atoms with Gasteiger partial charge in [-0.25, -0.2) is 0 Å². The van der Waals surface area contributed by atoms with Gasteiger partial charge in [-0.3, -0.25) is 9.59 Å². The summed E-state index contributed by atoms with van der Waals surface area (Å²) in [6.45, 7) is 7.98. The molecule has 0 N–H and O–H groups in total. The monoisotopic (exact) mass is 366 g/mol. The Kier molecular flexibility index (Phi) is 5.09. The van der Waals surface area contributed by atoms with Gasteiger partial charge < -0.3 is 9.15 Å². The molecule has 1 aromatic heterocycles. The van der Waals surface area contributed by atoms with Crippen molar-refractivity contribution in [3.05, 3.63) is 68.8 Å². The van der Waals surface area contributed by atoms with E-state index in [1.54, 1.807) is 7.11 Å². The molecule has 27 heavy (non-hydrogen) atoms. The van der Waals surface area contributed by atoms with Crippen LogP contribution in [0.25, 0.3) is 11.3 Å². The number of fused-ring (bicyclic) bond motifs is 1. The van der Waals surface area contributed by atoms with E-state index in [0.29, 0.717) is 42.1 Å². The molecule has 0 amide bonds. The fourth-order valence-electron chi connectivity index (χ4n) is 4.16. The highest BCUT2D eigenvalue weighted by Crippen LogP contribution is 2.47. The minimum Gasteiger partial charge on any atom is -0.500 e. The Morgan fingerprint density at radius 1 is 1.07 bits per heavy atom. The summed E-state index contributed by atoms with van der Waals surface area (Å²) in [5.74, 6) is 1.29. The van der Waals surface area contributed by atoms with Gasteiger partial charge in [0.15, 0.2) is 11.2 Å². The summed E-state index contributed by atoms with van der Waals surface area (Å²) >= 11 is 0. The fraction of sp³-hybridized carbons (Fsp3) is 0.391. The fourth-order valence-corrected chi connectivity index (χ4v) is 4.16. The van der Waals surface area contributed by atoms with Crippen molar-refractivity contribution in [3.8, 4) is 11.3 Å². The first-order valence-electron chi connectivity index (χ1n) is 9.51. The van der Waals surface area contributed by atoms with E-state index in [0.717, 1.165) is 11.1 Å². The molecule has 0 saturated carbocycles. The van der Waals surface area contributed by atoms with Gasteiger partial charge in [-0.1, -0.05) is 44.5 Å². The molecule has 0 fully saturated rings. The van der Waals surface area contributed by atoms with E-state index in [1.165, 1.54) is 6.07 Å². The van der Waals surface area contributed by atoms with Crippen molar-refractivity contribution in [3.63, 3.8) is 0 Å². The van der Waals surface area contributed by atoms with Crippen LogP contribution in [-0.4, -0.2) is 12.9 Å². The molecule has 1 aromatic carbocycles. The van der Waals surface area contributed by atoms with Gasteiger partial charge in [0.25, 0.3) is 0 Å². The number of methoxy groups -OCH3 is 1. The average molecular weight is 366 g/mol. The molecular formula is C23H26O4. The lowest BCUT2D eigenvalue weighted by Crippen LogP contribution is -2.39. The topological polar surface area (TPSA) is 56.5 Å². The number of benzene rings is 1. The number of allylic oxidation sites excluding steroid dienone is 2. The Bertz CT molecular complexity index is 974. The first kappa shape index (κ1) is 19.2. The van der Waals surface area contributed by atoms with Crippen molar-refractivity contribution in [1.82, 2.24) is 0 Å². The summed E-state index contributed by atoms with van der Waals surface area (Å²) in [6.07, 6.45) is 1.87. The lowest BCUT2D eigenvalue weighted by Gasteiger charge is -2.37. The Labute approximate surface area is 159 Å². The second kappa shape index (κ2) is 7.18. The number of hydrogen-bond donors (Lipinski definition) is 0. The van der Waals surface area contributed by atoms with E-state index in [2.05, 4.69) is 0 Å². The van der Waals surface area contributed by atoms with Crippen LogP contribution in [0.15, 0.2) is 50.9 Å². The molecule has 2 aromatic rings. The number of Topliss-reactive ketones (excluding diaryl/α,β-unsaturated/α-hetero) is 1. The lowest BCUT2D eigenvalue weighted by atomic mass is 9.69. The number of rotatable bonds is 5. The number of aryl methyl sites for hydroxylation is 1. The smallest absolute Gasteiger partial charge is 0.199 e. The normalized spacial score (nSPS) is 15.7. The van der Waals surface area contributed by atoms with E-state index < -0.39 is 5.41 Å². The molecule has 0 bridgehead atoms. The molecule has 4 heteroatoms. The summed E-state index contributed by atoms with van der Waals surface area (Å²) in [4.78, 5) is 26.0. The molecule has 1 aliphatic rings. The second-order valence-electron chi connectivity index (χ2n) is 7.03. The zero-order chi connectivity index (χ0) is 19.8. The van der Waals surface area contributed by atoms with Crippen LogP contribution in [0, 0.1) is 6.92 Å². The molecule has 1 aliphatic carbocycles. The van der Waals surface area contributed by atoms with Crippen LogP contribution in [0.2, 0.25) is 0 Å². The third-order valence-electron chi connectivity index (χ3n) is 5.66. The van der Waals surface area contributed by atoms with Gasteiger partial charge in [0.1, 0.15) is 22.8 Å². The minimum atomic E-state index is -0.609. The Balaban J connectivity index is 2.37. The van der Waals surface area contributed by atoms with Gasteiger partial charge in [0.05, 0.1) is 12.5 Å². The number of ether oxygens (including phenoxy) is 1. The van der Waals surface area contributed by atoms with Crippen molar-refractivity contribution < 1.29 is 13.9 Å². The molecule has 0 spiro atoms. The highest BCUT2D eigenvalue weighted by atomic mass is 16.5. The van der Waals surface area contributed by atoms with Crippen LogP contribution < -0.4 is 5.43 Å². The Morgan fingerprint density at radius 3 is 2.33 bits per heavy atom. The van der Waals surface area contributed by atoms with Gasteiger partial charge in [-0.2, -0.15) is 0 Å². The molecule has 0 atom stereocenters. The zero-order valence-corrected chi connectivity index (χ0v) is 16.6. The van der Waals surface area contributed by atoms with E-state index in [1.807, 2.05) is 52.0 Å². The van der Waals surface area contributed by atoms with Crippen LogP contribution in [0.5, 0.6) is 0 Å². The molecular weight excluding hydrogens is 340 g/mol. The Morgan fingerprint density at radius 2 is 1.78 bits per heavy atom. The number of carbonyl (C=O) groups excluding carboxylic acids is 1. The highest BCUT2D eigenvalue weighted by molar-refractivity contribution is 6.11. The predicted molar refractivity (Wildman–Crippen MR) is 106 cm³/mol. The molecule has 3 rings (SSSR count). The largest absolute Gasteiger partial charge is 0.500 e.